The molecule has 140 valence electrons. The Kier molecular flexibility index (Phi) is 6.23. The third-order valence-electron chi connectivity index (χ3n) is 3.78. The van der Waals surface area contributed by atoms with E-state index < -0.39 is 15.8 Å². The molecule has 0 radical (unpaired) electrons. The molecule has 0 unspecified atom stereocenters. The van der Waals surface area contributed by atoms with Crippen LogP contribution in [0.25, 0.3) is 0 Å². The largest absolute Gasteiger partial charge is 0.491 e. The highest BCUT2D eigenvalue weighted by atomic mass is 32.2. The van der Waals surface area contributed by atoms with E-state index in [4.69, 9.17) is 4.74 Å². The third kappa shape index (κ3) is 4.60. The summed E-state index contributed by atoms with van der Waals surface area (Å²) in [5.74, 6) is -0.686. The van der Waals surface area contributed by atoms with Gasteiger partial charge in [0.2, 0.25) is 10.0 Å². The Morgan fingerprint density at radius 1 is 1.28 bits per heavy atom. The second kappa shape index (κ2) is 8.01. The van der Waals surface area contributed by atoms with Gasteiger partial charge in [0.1, 0.15) is 0 Å². The lowest BCUT2D eigenvalue weighted by molar-refractivity contribution is 0.170. The molecule has 0 spiro atoms. The van der Waals surface area contributed by atoms with E-state index in [9.17, 15) is 17.6 Å². The van der Waals surface area contributed by atoms with Crippen LogP contribution < -0.4 is 10.1 Å². The summed E-state index contributed by atoms with van der Waals surface area (Å²) in [5, 5.41) is 2.78. The normalized spacial score (nSPS) is 16.1. The molecule has 1 aliphatic rings. The van der Waals surface area contributed by atoms with Gasteiger partial charge in [-0.25, -0.2) is 17.6 Å². The average molecular weight is 373 g/mol. The van der Waals surface area contributed by atoms with Crippen molar-refractivity contribution in [2.45, 2.75) is 31.7 Å². The monoisotopic (exact) mass is 373 g/mol. The predicted octanol–water partition coefficient (Wildman–Crippen LogP) is 1.65. The lowest BCUT2D eigenvalue weighted by Crippen LogP contribution is -2.53. The highest BCUT2D eigenvalue weighted by molar-refractivity contribution is 7.89. The molecule has 1 saturated heterocycles. The number of urea groups is 1. The number of hydrogen-bond acceptors (Lipinski definition) is 4. The summed E-state index contributed by atoms with van der Waals surface area (Å²) in [6.07, 6.45) is 0. The van der Waals surface area contributed by atoms with E-state index in [1.165, 1.54) is 16.4 Å². The van der Waals surface area contributed by atoms with Gasteiger partial charge in [0.15, 0.2) is 11.6 Å². The molecule has 0 bridgehead atoms. The number of nitrogens with zero attached hydrogens (tertiary/aromatic N) is 2. The Labute approximate surface area is 147 Å². The van der Waals surface area contributed by atoms with Crippen LogP contribution in [0.1, 0.15) is 20.8 Å². The number of carbonyl (C=O) groups excluding carboxylic acids is 1. The van der Waals surface area contributed by atoms with Crippen LogP contribution in [0.3, 0.4) is 0 Å². The number of benzene rings is 1. The maximum Gasteiger partial charge on any atom is 0.317 e. The summed E-state index contributed by atoms with van der Waals surface area (Å²) >= 11 is 0. The molecule has 7 nitrogen and oxygen atoms in total. The Morgan fingerprint density at radius 2 is 1.92 bits per heavy atom. The molecule has 1 aromatic rings. The van der Waals surface area contributed by atoms with Gasteiger partial charge >= 0.3 is 6.03 Å². The molecule has 1 fully saturated rings. The van der Waals surface area contributed by atoms with E-state index in [-0.39, 0.29) is 48.9 Å². The lowest BCUT2D eigenvalue weighted by Gasteiger charge is -2.34. The van der Waals surface area contributed by atoms with Crippen LogP contribution in [0, 0.1) is 5.82 Å². The first-order chi connectivity index (χ1) is 11.8. The van der Waals surface area contributed by atoms with Gasteiger partial charge in [-0.3, -0.25) is 0 Å². The van der Waals surface area contributed by atoms with Crippen LogP contribution in [-0.2, 0) is 10.0 Å². The molecular weight excluding hydrogens is 349 g/mol. The van der Waals surface area contributed by atoms with Gasteiger partial charge in [0.25, 0.3) is 0 Å². The molecule has 25 heavy (non-hydrogen) atoms. The zero-order valence-electron chi connectivity index (χ0n) is 14.7. The molecule has 1 heterocycles. The fourth-order valence-electron chi connectivity index (χ4n) is 2.53. The van der Waals surface area contributed by atoms with E-state index in [1.807, 2.05) is 13.8 Å². The van der Waals surface area contributed by atoms with Crippen molar-refractivity contribution in [3.63, 3.8) is 0 Å². The van der Waals surface area contributed by atoms with Gasteiger partial charge in [0, 0.05) is 32.2 Å². The Morgan fingerprint density at radius 3 is 2.44 bits per heavy atom. The van der Waals surface area contributed by atoms with E-state index in [0.29, 0.717) is 6.61 Å². The van der Waals surface area contributed by atoms with Gasteiger partial charge in [-0.15, -0.1) is 0 Å². The number of sulfonamides is 1. The molecule has 1 N–H and O–H groups in total. The highest BCUT2D eigenvalue weighted by Gasteiger charge is 2.30. The van der Waals surface area contributed by atoms with Gasteiger partial charge in [0.05, 0.1) is 11.5 Å². The Bertz CT molecular complexity index is 716. The van der Waals surface area contributed by atoms with Gasteiger partial charge in [-0.05, 0) is 39.0 Å². The zero-order valence-corrected chi connectivity index (χ0v) is 15.5. The smallest absolute Gasteiger partial charge is 0.317 e. The predicted molar refractivity (Wildman–Crippen MR) is 91.6 cm³/mol. The maximum atomic E-state index is 14.0. The van der Waals surface area contributed by atoms with Crippen LogP contribution >= 0.6 is 0 Å². The summed E-state index contributed by atoms with van der Waals surface area (Å²) in [7, 11) is -3.81. The van der Waals surface area contributed by atoms with E-state index in [1.54, 1.807) is 11.8 Å². The molecule has 2 amide bonds. The average Bonchev–Trinajstić information content (AvgIpc) is 2.56. The van der Waals surface area contributed by atoms with Crippen LogP contribution in [0.5, 0.6) is 5.75 Å². The van der Waals surface area contributed by atoms with Gasteiger partial charge in [-0.1, -0.05) is 0 Å². The van der Waals surface area contributed by atoms with Crippen molar-refractivity contribution in [2.24, 2.45) is 0 Å². The number of hydrogen-bond donors (Lipinski definition) is 1. The molecule has 0 aliphatic carbocycles. The van der Waals surface area contributed by atoms with Crippen molar-refractivity contribution in [3.8, 4) is 5.75 Å². The fraction of sp³-hybridized carbons (Fsp3) is 0.562. The summed E-state index contributed by atoms with van der Waals surface area (Å²) < 4.78 is 45.6. The first kappa shape index (κ1) is 19.5. The summed E-state index contributed by atoms with van der Waals surface area (Å²) in [5.41, 5.74) is 0. The number of carbonyl (C=O) groups is 1. The van der Waals surface area contributed by atoms with Gasteiger partial charge in [-0.2, -0.15) is 4.31 Å². The van der Waals surface area contributed by atoms with Crippen molar-refractivity contribution >= 4 is 16.1 Å². The topological polar surface area (TPSA) is 79.0 Å². The van der Waals surface area contributed by atoms with Crippen LogP contribution in [-0.4, -0.2) is 62.5 Å². The number of nitrogens with one attached hydrogen (secondary N) is 1. The number of halogens is 1. The number of piperazine rings is 1. The maximum absolute atomic E-state index is 14.0. The zero-order chi connectivity index (χ0) is 18.6. The lowest BCUT2D eigenvalue weighted by atomic mass is 10.3. The van der Waals surface area contributed by atoms with Crippen LogP contribution in [0.2, 0.25) is 0 Å². The minimum atomic E-state index is -3.81. The van der Waals surface area contributed by atoms with E-state index in [2.05, 4.69) is 5.32 Å². The minimum absolute atomic E-state index is 0.0149. The van der Waals surface area contributed by atoms with Crippen molar-refractivity contribution < 1.29 is 22.3 Å². The van der Waals surface area contributed by atoms with Crippen molar-refractivity contribution in [1.29, 1.82) is 0 Å². The van der Waals surface area contributed by atoms with Crippen molar-refractivity contribution in [3.05, 3.63) is 24.0 Å². The molecular formula is C16H24FN3O4S. The molecule has 0 saturated carbocycles. The molecule has 0 aromatic heterocycles. The van der Waals surface area contributed by atoms with Crippen molar-refractivity contribution in [2.75, 3.05) is 32.8 Å². The van der Waals surface area contributed by atoms with Crippen LogP contribution in [0.15, 0.2) is 23.1 Å². The van der Waals surface area contributed by atoms with Crippen molar-refractivity contribution in [1.82, 2.24) is 14.5 Å². The SMILES string of the molecule is CCOc1ccc(S(=O)(=O)N2CCN(C(=O)NC(C)C)CC2)cc1F. The highest BCUT2D eigenvalue weighted by Crippen LogP contribution is 2.24. The van der Waals surface area contributed by atoms with E-state index in [0.717, 1.165) is 6.07 Å². The first-order valence-electron chi connectivity index (χ1n) is 8.23. The van der Waals surface area contributed by atoms with Crippen LogP contribution in [0.4, 0.5) is 9.18 Å². The summed E-state index contributed by atoms with van der Waals surface area (Å²) in [6.45, 7) is 6.65. The second-order valence-electron chi connectivity index (χ2n) is 6.02. The van der Waals surface area contributed by atoms with E-state index >= 15 is 0 Å². The first-order valence-corrected chi connectivity index (χ1v) is 9.67. The third-order valence-corrected chi connectivity index (χ3v) is 5.67. The fourth-order valence-corrected chi connectivity index (χ4v) is 3.97. The number of ether oxygens (including phenoxy) is 1. The standard InChI is InChI=1S/C16H24FN3O4S/c1-4-24-15-6-5-13(11-14(15)17)25(22,23)20-9-7-19(8-10-20)16(21)18-12(2)3/h5-6,11-12H,4,7-10H2,1-3H3,(H,18,21). The number of rotatable bonds is 5. The Hall–Kier alpha value is -1.87. The van der Waals surface area contributed by atoms with Gasteiger partial charge < -0.3 is 15.0 Å². The Balaban J connectivity index is 2.07. The summed E-state index contributed by atoms with van der Waals surface area (Å²) in [4.78, 5) is 13.4. The molecule has 9 heteroatoms. The quantitative estimate of drug-likeness (QED) is 0.851. The molecule has 2 rings (SSSR count). The summed E-state index contributed by atoms with van der Waals surface area (Å²) in [6, 6.07) is 3.43. The molecule has 1 aromatic carbocycles. The minimum Gasteiger partial charge on any atom is -0.491 e. The number of amides is 2. The molecule has 0 atom stereocenters. The molecule has 1 aliphatic heterocycles. The second-order valence-corrected chi connectivity index (χ2v) is 7.96.